The summed E-state index contributed by atoms with van der Waals surface area (Å²) in [7, 11) is 0.254. The van der Waals surface area contributed by atoms with Crippen molar-refractivity contribution in [3.8, 4) is 0 Å². The third-order valence-electron chi connectivity index (χ3n) is 4.76. The van der Waals surface area contributed by atoms with Crippen LogP contribution in [0.15, 0.2) is 23.4 Å². The quantitative estimate of drug-likeness (QED) is 0.248. The van der Waals surface area contributed by atoms with E-state index in [1.807, 2.05) is 0 Å². The van der Waals surface area contributed by atoms with E-state index in [1.54, 1.807) is 5.57 Å². The van der Waals surface area contributed by atoms with Gasteiger partial charge in [0.05, 0.1) is 15.2 Å². The fourth-order valence-electron chi connectivity index (χ4n) is 2.78. The van der Waals surface area contributed by atoms with E-state index in [0.29, 0.717) is 6.42 Å². The normalized spacial score (nSPS) is 12.9. The minimum Gasteiger partial charge on any atom is -0.469 e. The number of methoxy groups -OCH3 is 1. The monoisotopic (exact) mass is 324 g/mol. The maximum Gasteiger partial charge on any atom is 0.305 e. The topological polar surface area (TPSA) is 26.3 Å². The summed E-state index contributed by atoms with van der Waals surface area (Å²) in [5.74, 6) is -0.124. The van der Waals surface area contributed by atoms with Crippen molar-refractivity contribution in [2.24, 2.45) is 0 Å². The van der Waals surface area contributed by atoms with Crippen LogP contribution in [0.25, 0.3) is 0 Å². The van der Waals surface area contributed by atoms with Crippen LogP contribution in [-0.4, -0.2) is 21.2 Å². The fraction of sp³-hybridized carbons (Fsp3) is 0.737. The van der Waals surface area contributed by atoms with E-state index in [1.165, 1.54) is 44.5 Å². The maximum atomic E-state index is 11.1. The summed E-state index contributed by atoms with van der Waals surface area (Å²) in [6, 6.07) is 4.05. The molecule has 0 saturated carbocycles. The zero-order valence-electron chi connectivity index (χ0n) is 15.4. The van der Waals surface area contributed by atoms with Crippen LogP contribution in [0.4, 0.5) is 0 Å². The van der Waals surface area contributed by atoms with Crippen LogP contribution in [0, 0.1) is 0 Å². The molecule has 0 aliphatic heterocycles. The number of hydrogen-bond donors (Lipinski definition) is 0. The highest BCUT2D eigenvalue weighted by Gasteiger charge is 2.24. The third-order valence-corrected chi connectivity index (χ3v) is 10.0. The number of ether oxygens (including phenoxy) is 1. The average molecular weight is 325 g/mol. The number of rotatable bonds is 12. The van der Waals surface area contributed by atoms with Gasteiger partial charge in [0.15, 0.2) is 0 Å². The summed E-state index contributed by atoms with van der Waals surface area (Å²) in [4.78, 5) is 11.1. The minimum atomic E-state index is -1.19. The van der Waals surface area contributed by atoms with Gasteiger partial charge in [0.2, 0.25) is 0 Å². The average Bonchev–Trinajstić information content (AvgIpc) is 2.56. The second kappa shape index (κ2) is 12.7. The first-order valence-corrected chi connectivity index (χ1v) is 11.7. The highest BCUT2D eigenvalue weighted by Crippen LogP contribution is 2.26. The van der Waals surface area contributed by atoms with Gasteiger partial charge in [0.1, 0.15) is 0 Å². The van der Waals surface area contributed by atoms with E-state index in [-0.39, 0.29) is 5.97 Å². The molecule has 0 N–H and O–H groups in total. The van der Waals surface area contributed by atoms with Crippen molar-refractivity contribution in [3.63, 3.8) is 0 Å². The van der Waals surface area contributed by atoms with Crippen LogP contribution in [-0.2, 0) is 9.53 Å². The van der Waals surface area contributed by atoms with Gasteiger partial charge in [-0.05, 0) is 25.7 Å². The molecule has 3 heteroatoms. The van der Waals surface area contributed by atoms with Crippen molar-refractivity contribution in [1.29, 1.82) is 0 Å². The first kappa shape index (κ1) is 21.2. The second-order valence-electron chi connectivity index (χ2n) is 6.12. The summed E-state index contributed by atoms with van der Waals surface area (Å²) < 4.78 is 4.66. The van der Waals surface area contributed by atoms with E-state index < -0.39 is 8.07 Å². The first-order valence-electron chi connectivity index (χ1n) is 8.99. The van der Waals surface area contributed by atoms with Crippen molar-refractivity contribution >= 4 is 14.0 Å². The minimum absolute atomic E-state index is 0.124. The van der Waals surface area contributed by atoms with Crippen LogP contribution in [0.2, 0.25) is 18.1 Å². The molecule has 0 fully saturated rings. The Bertz CT molecular complexity index is 346. The van der Waals surface area contributed by atoms with Gasteiger partial charge in [-0.1, -0.05) is 75.7 Å². The summed E-state index contributed by atoms with van der Waals surface area (Å²) in [5, 5.41) is 0. The highest BCUT2D eigenvalue weighted by atomic mass is 28.3. The second-order valence-corrected chi connectivity index (χ2v) is 11.3. The number of unbranched alkanes of at least 4 members (excludes halogenated alkanes) is 1. The molecule has 0 amide bonds. The number of carbonyl (C=O) groups excluding carboxylic acids is 1. The fourth-order valence-corrected chi connectivity index (χ4v) is 6.02. The Morgan fingerprint density at radius 1 is 1.00 bits per heavy atom. The van der Waals surface area contributed by atoms with Crippen molar-refractivity contribution < 1.29 is 9.53 Å². The van der Waals surface area contributed by atoms with Crippen molar-refractivity contribution in [1.82, 2.24) is 0 Å². The largest absolute Gasteiger partial charge is 0.469 e. The first-order chi connectivity index (χ1) is 10.6. The van der Waals surface area contributed by atoms with Gasteiger partial charge in [-0.2, -0.15) is 0 Å². The SMILES string of the molecule is CCCC/C(=C\[Si](CC)(CC)CC)C/C=C/CCC(=O)OC. The van der Waals surface area contributed by atoms with Crippen LogP contribution < -0.4 is 0 Å². The van der Waals surface area contributed by atoms with Gasteiger partial charge in [0, 0.05) is 6.42 Å². The lowest BCUT2D eigenvalue weighted by molar-refractivity contribution is -0.140. The maximum absolute atomic E-state index is 11.1. The molecule has 2 nitrogen and oxygen atoms in total. The third kappa shape index (κ3) is 8.57. The molecule has 0 aromatic heterocycles. The molecule has 0 atom stereocenters. The van der Waals surface area contributed by atoms with Crippen LogP contribution in [0.1, 0.15) is 66.2 Å². The van der Waals surface area contributed by atoms with Gasteiger partial charge in [0.25, 0.3) is 0 Å². The Labute approximate surface area is 139 Å². The van der Waals surface area contributed by atoms with Crippen molar-refractivity contribution in [3.05, 3.63) is 23.4 Å². The van der Waals surface area contributed by atoms with E-state index >= 15 is 0 Å². The lowest BCUT2D eigenvalue weighted by Gasteiger charge is -2.25. The summed E-state index contributed by atoms with van der Waals surface area (Å²) in [6.07, 6.45) is 10.5. The van der Waals surface area contributed by atoms with Crippen molar-refractivity contribution in [2.45, 2.75) is 84.4 Å². The Balaban J connectivity index is 4.69. The predicted molar refractivity (Wildman–Crippen MR) is 99.8 cm³/mol. The standard InChI is InChI=1S/C19H36O2Si/c1-6-10-14-18(17-22(7-2,8-3)9-4)15-12-11-13-16-19(20)21-5/h11-12,17H,6-10,13-16H2,1-5H3/b12-11+,18-17+. The molecule has 0 spiro atoms. The van der Waals surface area contributed by atoms with E-state index in [2.05, 4.69) is 50.3 Å². The van der Waals surface area contributed by atoms with Crippen LogP contribution in [0.3, 0.4) is 0 Å². The molecule has 0 saturated heterocycles. The van der Waals surface area contributed by atoms with Crippen LogP contribution in [0.5, 0.6) is 0 Å². The molecule has 128 valence electrons. The lowest BCUT2D eigenvalue weighted by Crippen LogP contribution is -2.29. The Hall–Kier alpha value is -0.833. The number of hydrogen-bond acceptors (Lipinski definition) is 2. The summed E-state index contributed by atoms with van der Waals surface area (Å²) >= 11 is 0. The smallest absolute Gasteiger partial charge is 0.305 e. The van der Waals surface area contributed by atoms with Crippen LogP contribution >= 0.6 is 0 Å². The van der Waals surface area contributed by atoms with E-state index in [4.69, 9.17) is 0 Å². The van der Waals surface area contributed by atoms with Crippen molar-refractivity contribution in [2.75, 3.05) is 7.11 Å². The molecular weight excluding hydrogens is 288 g/mol. The Morgan fingerprint density at radius 3 is 2.14 bits per heavy atom. The molecule has 0 rings (SSSR count). The zero-order valence-corrected chi connectivity index (χ0v) is 16.4. The summed E-state index contributed by atoms with van der Waals surface area (Å²) in [5.41, 5.74) is 4.31. The van der Waals surface area contributed by atoms with Gasteiger partial charge in [-0.3, -0.25) is 4.79 Å². The van der Waals surface area contributed by atoms with E-state index in [0.717, 1.165) is 12.8 Å². The molecule has 0 aromatic carbocycles. The molecule has 0 bridgehead atoms. The van der Waals surface area contributed by atoms with E-state index in [9.17, 15) is 4.79 Å². The van der Waals surface area contributed by atoms with Gasteiger partial charge >= 0.3 is 5.97 Å². The molecule has 0 aromatic rings. The Morgan fingerprint density at radius 2 is 1.64 bits per heavy atom. The predicted octanol–water partition coefficient (Wildman–Crippen LogP) is 6.05. The number of allylic oxidation sites excluding steroid dienone is 3. The van der Waals surface area contributed by atoms with Gasteiger partial charge in [-0.25, -0.2) is 0 Å². The molecule has 0 radical (unpaired) electrons. The molecule has 0 heterocycles. The molecule has 0 aliphatic carbocycles. The number of esters is 1. The molecule has 0 unspecified atom stereocenters. The van der Waals surface area contributed by atoms with Gasteiger partial charge in [-0.15, -0.1) is 0 Å². The molecule has 22 heavy (non-hydrogen) atoms. The Kier molecular flexibility index (Phi) is 12.2. The molecule has 0 aliphatic rings. The number of carbonyl (C=O) groups is 1. The summed E-state index contributed by atoms with van der Waals surface area (Å²) in [6.45, 7) is 9.34. The van der Waals surface area contributed by atoms with Gasteiger partial charge < -0.3 is 4.74 Å². The highest BCUT2D eigenvalue weighted by molar-refractivity contribution is 6.84. The zero-order chi connectivity index (χ0) is 16.8. The molecular formula is C19H36O2Si. The lowest BCUT2D eigenvalue weighted by atomic mass is 10.1.